The van der Waals surface area contributed by atoms with Crippen LogP contribution >= 0.6 is 0 Å². The van der Waals surface area contributed by atoms with Crippen molar-refractivity contribution in [3.8, 4) is 11.3 Å². The molecular formula is C19H18FN3O. The van der Waals surface area contributed by atoms with Crippen LogP contribution < -0.4 is 5.32 Å². The van der Waals surface area contributed by atoms with Crippen LogP contribution in [0, 0.1) is 12.7 Å². The Labute approximate surface area is 139 Å². The van der Waals surface area contributed by atoms with Crippen LogP contribution in [-0.4, -0.2) is 15.7 Å². The lowest BCUT2D eigenvalue weighted by Gasteiger charge is -2.04. The van der Waals surface area contributed by atoms with Gasteiger partial charge in [0.2, 0.25) is 0 Å². The largest absolute Gasteiger partial charge is 0.321 e. The Balaban J connectivity index is 1.89. The molecule has 0 fully saturated rings. The highest BCUT2D eigenvalue weighted by Gasteiger charge is 2.15. The second-order valence-corrected chi connectivity index (χ2v) is 5.56. The molecule has 0 unspecified atom stereocenters. The quantitative estimate of drug-likeness (QED) is 0.779. The Kier molecular flexibility index (Phi) is 4.42. The summed E-state index contributed by atoms with van der Waals surface area (Å²) in [6, 6.07) is 15.5. The molecule has 2 aromatic carbocycles. The minimum atomic E-state index is -0.318. The van der Waals surface area contributed by atoms with Gasteiger partial charge in [0, 0.05) is 17.8 Å². The van der Waals surface area contributed by atoms with E-state index in [1.807, 2.05) is 38.1 Å². The van der Waals surface area contributed by atoms with Crippen LogP contribution in [0.1, 0.15) is 23.0 Å². The summed E-state index contributed by atoms with van der Waals surface area (Å²) in [6.07, 6.45) is 0. The van der Waals surface area contributed by atoms with Crippen LogP contribution in [0.15, 0.2) is 54.6 Å². The van der Waals surface area contributed by atoms with Crippen molar-refractivity contribution in [3.63, 3.8) is 0 Å². The smallest absolute Gasteiger partial charge is 0.276 e. The van der Waals surface area contributed by atoms with Gasteiger partial charge in [0.15, 0.2) is 5.69 Å². The first-order valence-corrected chi connectivity index (χ1v) is 7.78. The Bertz CT molecular complexity index is 869. The fraction of sp³-hybridized carbons (Fsp3) is 0.158. The molecule has 0 saturated carbocycles. The fourth-order valence-corrected chi connectivity index (χ4v) is 2.48. The van der Waals surface area contributed by atoms with Crippen LogP contribution in [0.2, 0.25) is 0 Å². The van der Waals surface area contributed by atoms with Crippen molar-refractivity contribution in [2.24, 2.45) is 0 Å². The summed E-state index contributed by atoms with van der Waals surface area (Å²) in [7, 11) is 0. The maximum absolute atomic E-state index is 13.5. The maximum atomic E-state index is 13.5. The van der Waals surface area contributed by atoms with Crippen molar-refractivity contribution in [1.29, 1.82) is 0 Å². The summed E-state index contributed by atoms with van der Waals surface area (Å²) in [5.41, 5.74) is 3.54. The van der Waals surface area contributed by atoms with Gasteiger partial charge in [-0.15, -0.1) is 0 Å². The van der Waals surface area contributed by atoms with E-state index < -0.39 is 0 Å². The molecule has 0 aliphatic carbocycles. The molecule has 1 aromatic heterocycles. The number of aromatic nitrogens is 2. The number of aryl methyl sites for hydroxylation is 2. The average molecular weight is 323 g/mol. The summed E-state index contributed by atoms with van der Waals surface area (Å²) in [5, 5.41) is 7.15. The lowest BCUT2D eigenvalue weighted by Crippen LogP contribution is -2.13. The molecule has 4 nitrogen and oxygen atoms in total. The zero-order chi connectivity index (χ0) is 17.1. The van der Waals surface area contributed by atoms with E-state index in [2.05, 4.69) is 10.4 Å². The van der Waals surface area contributed by atoms with E-state index in [1.54, 1.807) is 22.9 Å². The van der Waals surface area contributed by atoms with Crippen LogP contribution in [0.3, 0.4) is 0 Å². The molecule has 1 amide bonds. The highest BCUT2D eigenvalue weighted by molar-refractivity contribution is 6.03. The van der Waals surface area contributed by atoms with Crippen molar-refractivity contribution in [3.05, 3.63) is 71.7 Å². The summed E-state index contributed by atoms with van der Waals surface area (Å²) in [4.78, 5) is 12.4. The van der Waals surface area contributed by atoms with E-state index in [4.69, 9.17) is 0 Å². The molecule has 1 N–H and O–H groups in total. The Morgan fingerprint density at radius 2 is 1.92 bits per heavy atom. The standard InChI is InChI=1S/C19H18FN3O/c1-3-23-18(14-5-4-6-15(20)11-14)12-17(22-23)19(24)21-16-9-7-13(2)8-10-16/h4-12H,3H2,1-2H3,(H,21,24). The number of nitrogens with zero attached hydrogens (tertiary/aromatic N) is 2. The van der Waals surface area contributed by atoms with Crippen LogP contribution in [0.25, 0.3) is 11.3 Å². The zero-order valence-electron chi connectivity index (χ0n) is 13.6. The second-order valence-electron chi connectivity index (χ2n) is 5.56. The van der Waals surface area contributed by atoms with E-state index in [0.29, 0.717) is 29.2 Å². The molecule has 0 radical (unpaired) electrons. The van der Waals surface area contributed by atoms with Crippen molar-refractivity contribution in [2.45, 2.75) is 20.4 Å². The summed E-state index contributed by atoms with van der Waals surface area (Å²) >= 11 is 0. The fourth-order valence-electron chi connectivity index (χ4n) is 2.48. The summed E-state index contributed by atoms with van der Waals surface area (Å²) in [6.45, 7) is 4.50. The Hall–Kier alpha value is -2.95. The third kappa shape index (κ3) is 3.35. The number of rotatable bonds is 4. The molecule has 0 aliphatic heterocycles. The SMILES string of the molecule is CCn1nc(C(=O)Nc2ccc(C)cc2)cc1-c1cccc(F)c1. The van der Waals surface area contributed by atoms with Crippen LogP contribution in [-0.2, 0) is 6.54 Å². The molecule has 122 valence electrons. The number of carbonyl (C=O) groups excluding carboxylic acids is 1. The van der Waals surface area contributed by atoms with Gasteiger partial charge in [-0.1, -0.05) is 29.8 Å². The zero-order valence-corrected chi connectivity index (χ0v) is 13.6. The van der Waals surface area contributed by atoms with Gasteiger partial charge in [0.05, 0.1) is 5.69 Å². The minimum absolute atomic E-state index is 0.288. The maximum Gasteiger partial charge on any atom is 0.276 e. The van der Waals surface area contributed by atoms with Crippen molar-refractivity contribution >= 4 is 11.6 Å². The molecule has 0 saturated heterocycles. The molecule has 24 heavy (non-hydrogen) atoms. The first-order valence-electron chi connectivity index (χ1n) is 7.78. The van der Waals surface area contributed by atoms with Crippen molar-refractivity contribution in [2.75, 3.05) is 5.32 Å². The van der Waals surface area contributed by atoms with E-state index in [1.165, 1.54) is 12.1 Å². The number of benzene rings is 2. The topological polar surface area (TPSA) is 46.9 Å². The van der Waals surface area contributed by atoms with Gasteiger partial charge in [-0.3, -0.25) is 9.48 Å². The Morgan fingerprint density at radius 3 is 2.58 bits per heavy atom. The number of hydrogen-bond donors (Lipinski definition) is 1. The predicted octanol–water partition coefficient (Wildman–Crippen LogP) is 4.27. The predicted molar refractivity (Wildman–Crippen MR) is 92.4 cm³/mol. The van der Waals surface area contributed by atoms with Gasteiger partial charge in [-0.25, -0.2) is 4.39 Å². The normalized spacial score (nSPS) is 10.6. The molecule has 1 heterocycles. The summed E-state index contributed by atoms with van der Waals surface area (Å²) in [5.74, 6) is -0.606. The number of nitrogens with one attached hydrogen (secondary N) is 1. The van der Waals surface area contributed by atoms with E-state index in [9.17, 15) is 9.18 Å². The molecule has 0 bridgehead atoms. The van der Waals surface area contributed by atoms with E-state index in [-0.39, 0.29) is 11.7 Å². The molecule has 3 rings (SSSR count). The van der Waals surface area contributed by atoms with Gasteiger partial charge in [0.25, 0.3) is 5.91 Å². The van der Waals surface area contributed by atoms with Crippen molar-refractivity contribution in [1.82, 2.24) is 9.78 Å². The molecule has 0 spiro atoms. The highest BCUT2D eigenvalue weighted by Crippen LogP contribution is 2.22. The van der Waals surface area contributed by atoms with Gasteiger partial charge in [0.1, 0.15) is 5.82 Å². The number of amides is 1. The summed E-state index contributed by atoms with van der Waals surface area (Å²) < 4.78 is 15.2. The van der Waals surface area contributed by atoms with Gasteiger partial charge >= 0.3 is 0 Å². The first-order chi connectivity index (χ1) is 11.6. The molecule has 3 aromatic rings. The first kappa shape index (κ1) is 15.9. The van der Waals surface area contributed by atoms with Gasteiger partial charge < -0.3 is 5.32 Å². The monoisotopic (exact) mass is 323 g/mol. The number of anilines is 1. The number of halogens is 1. The number of carbonyl (C=O) groups is 1. The van der Waals surface area contributed by atoms with Crippen LogP contribution in [0.5, 0.6) is 0 Å². The third-order valence-electron chi connectivity index (χ3n) is 3.74. The minimum Gasteiger partial charge on any atom is -0.321 e. The average Bonchev–Trinajstić information content (AvgIpc) is 3.01. The molecular weight excluding hydrogens is 305 g/mol. The van der Waals surface area contributed by atoms with Crippen LogP contribution in [0.4, 0.5) is 10.1 Å². The lowest BCUT2D eigenvalue weighted by molar-refractivity contribution is 0.102. The highest BCUT2D eigenvalue weighted by atomic mass is 19.1. The second kappa shape index (κ2) is 6.66. The molecule has 0 aliphatic rings. The van der Waals surface area contributed by atoms with E-state index in [0.717, 1.165) is 5.56 Å². The van der Waals surface area contributed by atoms with E-state index >= 15 is 0 Å². The van der Waals surface area contributed by atoms with Crippen molar-refractivity contribution < 1.29 is 9.18 Å². The lowest BCUT2D eigenvalue weighted by atomic mass is 10.1. The molecule has 5 heteroatoms. The van der Waals surface area contributed by atoms with Gasteiger partial charge in [-0.05, 0) is 44.2 Å². The Morgan fingerprint density at radius 1 is 1.17 bits per heavy atom. The number of hydrogen-bond acceptors (Lipinski definition) is 2. The third-order valence-corrected chi connectivity index (χ3v) is 3.74. The molecule has 0 atom stereocenters. The van der Waals surface area contributed by atoms with Gasteiger partial charge in [-0.2, -0.15) is 5.10 Å².